The van der Waals surface area contributed by atoms with E-state index in [1.807, 2.05) is 12.1 Å². The molecule has 0 unspecified atom stereocenters. The number of ketones is 1. The third-order valence-electron chi connectivity index (χ3n) is 5.36. The molecule has 2 aromatic rings. The zero-order valence-corrected chi connectivity index (χ0v) is 14.4. The van der Waals surface area contributed by atoms with Crippen molar-refractivity contribution in [1.29, 1.82) is 0 Å². The minimum absolute atomic E-state index is 0.133. The summed E-state index contributed by atoms with van der Waals surface area (Å²) in [5.41, 5.74) is 6.44. The molecule has 3 nitrogen and oxygen atoms in total. The molecule has 0 aromatic heterocycles. The maximum Gasteiger partial charge on any atom is 0.167 e. The van der Waals surface area contributed by atoms with Crippen molar-refractivity contribution >= 4 is 11.4 Å². The number of allylic oxidation sites excluding steroid dienone is 1. The summed E-state index contributed by atoms with van der Waals surface area (Å²) in [4.78, 5) is 12.8. The van der Waals surface area contributed by atoms with E-state index in [1.54, 1.807) is 14.2 Å². The van der Waals surface area contributed by atoms with Crippen LogP contribution in [0.2, 0.25) is 0 Å². The molecule has 2 aliphatic carbocycles. The molecule has 0 amide bonds. The molecule has 0 atom stereocenters. The second kappa shape index (κ2) is 4.97. The van der Waals surface area contributed by atoms with E-state index in [0.717, 1.165) is 11.1 Å². The van der Waals surface area contributed by atoms with Gasteiger partial charge in [-0.2, -0.15) is 0 Å². The number of benzene rings is 2. The van der Waals surface area contributed by atoms with E-state index in [2.05, 4.69) is 38.1 Å². The van der Waals surface area contributed by atoms with Gasteiger partial charge in [-0.05, 0) is 40.0 Å². The Bertz CT molecular complexity index is 903. The summed E-state index contributed by atoms with van der Waals surface area (Å²) >= 11 is 0. The molecular weight excluding hydrogens is 300 g/mol. The minimum Gasteiger partial charge on any atom is -0.493 e. The standard InChI is InChI=1S/C21H20O3/c1-21(2)15-8-6-5-7-12(15)20-14-10-19(24-4)18(23-3)9-13(14)17(22)11-16(20)21/h5-10H,11H2,1-4H3. The van der Waals surface area contributed by atoms with Crippen molar-refractivity contribution < 1.29 is 14.3 Å². The summed E-state index contributed by atoms with van der Waals surface area (Å²) in [6.45, 7) is 4.40. The zero-order valence-electron chi connectivity index (χ0n) is 14.4. The molecule has 0 heterocycles. The van der Waals surface area contributed by atoms with E-state index in [4.69, 9.17) is 9.47 Å². The van der Waals surface area contributed by atoms with E-state index in [1.165, 1.54) is 22.3 Å². The highest BCUT2D eigenvalue weighted by atomic mass is 16.5. The molecule has 2 aromatic carbocycles. The van der Waals surface area contributed by atoms with Gasteiger partial charge in [-0.3, -0.25) is 4.79 Å². The first kappa shape index (κ1) is 15.0. The van der Waals surface area contributed by atoms with Crippen molar-refractivity contribution in [2.24, 2.45) is 0 Å². The lowest BCUT2D eigenvalue weighted by Gasteiger charge is -2.27. The Morgan fingerprint density at radius 2 is 1.54 bits per heavy atom. The number of Topliss-reactive ketones (excluding diaryl/α,β-unsaturated/α-hetero) is 1. The Kier molecular flexibility index (Phi) is 3.11. The smallest absolute Gasteiger partial charge is 0.167 e. The Morgan fingerprint density at radius 1 is 0.917 bits per heavy atom. The average molecular weight is 320 g/mol. The Balaban J connectivity index is 2.05. The highest BCUT2D eigenvalue weighted by Crippen LogP contribution is 2.53. The summed E-state index contributed by atoms with van der Waals surface area (Å²) in [6.07, 6.45) is 0.458. The minimum atomic E-state index is -0.133. The van der Waals surface area contributed by atoms with Gasteiger partial charge in [-0.15, -0.1) is 0 Å². The largest absolute Gasteiger partial charge is 0.493 e. The fourth-order valence-corrected chi connectivity index (χ4v) is 4.07. The second-order valence-electron chi connectivity index (χ2n) is 6.88. The lowest BCUT2D eigenvalue weighted by Crippen LogP contribution is -2.22. The fraction of sp³-hybridized carbons (Fsp3) is 0.286. The molecule has 0 saturated heterocycles. The SMILES string of the molecule is COc1cc2c(cc1OC)C1=C(CC2=O)C(C)(C)c2ccccc21. The van der Waals surface area contributed by atoms with Gasteiger partial charge in [0.1, 0.15) is 0 Å². The molecule has 4 rings (SSSR count). The number of carbonyl (C=O) groups is 1. The maximum absolute atomic E-state index is 12.8. The van der Waals surface area contributed by atoms with Crippen molar-refractivity contribution in [3.63, 3.8) is 0 Å². The molecule has 0 radical (unpaired) electrons. The first-order valence-corrected chi connectivity index (χ1v) is 8.12. The number of hydrogen-bond donors (Lipinski definition) is 0. The van der Waals surface area contributed by atoms with Crippen molar-refractivity contribution in [1.82, 2.24) is 0 Å². The summed E-state index contributed by atoms with van der Waals surface area (Å²) in [6, 6.07) is 12.2. The summed E-state index contributed by atoms with van der Waals surface area (Å²) in [7, 11) is 3.22. The Morgan fingerprint density at radius 3 is 2.21 bits per heavy atom. The molecule has 24 heavy (non-hydrogen) atoms. The highest BCUT2D eigenvalue weighted by molar-refractivity contribution is 6.11. The summed E-state index contributed by atoms with van der Waals surface area (Å²) in [5, 5.41) is 0. The number of methoxy groups -OCH3 is 2. The predicted octanol–water partition coefficient (Wildman–Crippen LogP) is 4.38. The van der Waals surface area contributed by atoms with Crippen LogP contribution in [0.5, 0.6) is 11.5 Å². The van der Waals surface area contributed by atoms with Crippen molar-refractivity contribution in [3.8, 4) is 11.5 Å². The van der Waals surface area contributed by atoms with E-state index >= 15 is 0 Å². The lowest BCUT2D eigenvalue weighted by molar-refractivity contribution is 0.0987. The van der Waals surface area contributed by atoms with Gasteiger partial charge < -0.3 is 9.47 Å². The summed E-state index contributed by atoms with van der Waals surface area (Å²) in [5.74, 6) is 1.39. The quantitative estimate of drug-likeness (QED) is 0.823. The number of rotatable bonds is 2. The second-order valence-corrected chi connectivity index (χ2v) is 6.88. The molecule has 0 fully saturated rings. The molecule has 0 N–H and O–H groups in total. The number of ether oxygens (including phenoxy) is 2. The van der Waals surface area contributed by atoms with Gasteiger partial charge in [0.25, 0.3) is 0 Å². The Labute approximate surface area is 141 Å². The third kappa shape index (κ3) is 1.81. The number of hydrogen-bond acceptors (Lipinski definition) is 3. The molecule has 0 aliphatic heterocycles. The molecule has 122 valence electrons. The van der Waals surface area contributed by atoms with Crippen molar-refractivity contribution in [2.75, 3.05) is 14.2 Å². The van der Waals surface area contributed by atoms with Gasteiger partial charge >= 0.3 is 0 Å². The van der Waals surface area contributed by atoms with E-state index in [-0.39, 0.29) is 11.2 Å². The third-order valence-corrected chi connectivity index (χ3v) is 5.36. The molecule has 3 heteroatoms. The van der Waals surface area contributed by atoms with Crippen LogP contribution < -0.4 is 9.47 Å². The fourth-order valence-electron chi connectivity index (χ4n) is 4.07. The van der Waals surface area contributed by atoms with E-state index in [0.29, 0.717) is 17.9 Å². The van der Waals surface area contributed by atoms with Crippen LogP contribution >= 0.6 is 0 Å². The van der Waals surface area contributed by atoms with Crippen LogP contribution in [0, 0.1) is 0 Å². The molecule has 0 spiro atoms. The van der Waals surface area contributed by atoms with Crippen LogP contribution in [0.15, 0.2) is 42.0 Å². The van der Waals surface area contributed by atoms with Gasteiger partial charge in [-0.1, -0.05) is 38.1 Å². The number of carbonyl (C=O) groups excluding carboxylic acids is 1. The highest BCUT2D eigenvalue weighted by Gasteiger charge is 2.42. The van der Waals surface area contributed by atoms with Crippen LogP contribution in [0.4, 0.5) is 0 Å². The van der Waals surface area contributed by atoms with Crippen LogP contribution in [-0.4, -0.2) is 20.0 Å². The predicted molar refractivity (Wildman–Crippen MR) is 94.0 cm³/mol. The number of fused-ring (bicyclic) bond motifs is 4. The molecule has 0 saturated carbocycles. The first-order chi connectivity index (χ1) is 11.5. The normalized spacial score (nSPS) is 17.2. The molecule has 0 bridgehead atoms. The van der Waals surface area contributed by atoms with E-state index < -0.39 is 0 Å². The molecular formula is C21H20O3. The molecule has 2 aliphatic rings. The van der Waals surface area contributed by atoms with Gasteiger partial charge in [-0.25, -0.2) is 0 Å². The topological polar surface area (TPSA) is 35.5 Å². The van der Waals surface area contributed by atoms with Gasteiger partial charge in [0.15, 0.2) is 17.3 Å². The first-order valence-electron chi connectivity index (χ1n) is 8.12. The Hall–Kier alpha value is -2.55. The van der Waals surface area contributed by atoms with Gasteiger partial charge in [0.05, 0.1) is 14.2 Å². The zero-order chi connectivity index (χ0) is 17.1. The monoisotopic (exact) mass is 320 g/mol. The maximum atomic E-state index is 12.8. The van der Waals surface area contributed by atoms with Crippen molar-refractivity contribution in [3.05, 3.63) is 64.2 Å². The van der Waals surface area contributed by atoms with E-state index in [9.17, 15) is 4.79 Å². The summed E-state index contributed by atoms with van der Waals surface area (Å²) < 4.78 is 10.8. The van der Waals surface area contributed by atoms with Gasteiger partial charge in [0, 0.05) is 17.4 Å². The van der Waals surface area contributed by atoms with Crippen LogP contribution in [0.25, 0.3) is 5.57 Å². The lowest BCUT2D eigenvalue weighted by atomic mass is 9.76. The van der Waals surface area contributed by atoms with Crippen molar-refractivity contribution in [2.45, 2.75) is 25.7 Å². The van der Waals surface area contributed by atoms with Crippen LogP contribution in [-0.2, 0) is 5.41 Å². The van der Waals surface area contributed by atoms with Crippen LogP contribution in [0.1, 0.15) is 47.3 Å². The average Bonchev–Trinajstić information content (AvgIpc) is 2.82. The van der Waals surface area contributed by atoms with Crippen LogP contribution in [0.3, 0.4) is 0 Å². The van der Waals surface area contributed by atoms with Gasteiger partial charge in [0.2, 0.25) is 0 Å².